The first-order valence-corrected chi connectivity index (χ1v) is 8.47. The summed E-state index contributed by atoms with van der Waals surface area (Å²) in [6, 6.07) is 12.1. The van der Waals surface area contributed by atoms with E-state index >= 15 is 0 Å². The Morgan fingerprint density at radius 2 is 1.92 bits per heavy atom. The van der Waals surface area contributed by atoms with Gasteiger partial charge in [-0.2, -0.15) is 5.10 Å². The molecule has 0 heterocycles. The van der Waals surface area contributed by atoms with Gasteiger partial charge in [0.15, 0.2) is 6.10 Å². The van der Waals surface area contributed by atoms with Crippen molar-refractivity contribution in [3.8, 4) is 17.2 Å². The average Bonchev–Trinajstić information content (AvgIpc) is 2.64. The Labute approximate surface area is 157 Å². The molecule has 26 heavy (non-hydrogen) atoms. The van der Waals surface area contributed by atoms with Gasteiger partial charge in [0.05, 0.1) is 19.9 Å². The maximum Gasteiger partial charge on any atom is 0.280 e. The number of nitrogens with zero attached hydrogens (tertiary/aromatic N) is 1. The fourth-order valence-corrected chi connectivity index (χ4v) is 2.19. The van der Waals surface area contributed by atoms with E-state index in [1.54, 1.807) is 56.5 Å². The molecule has 2 aromatic carbocycles. The molecule has 0 aliphatic heterocycles. The van der Waals surface area contributed by atoms with Crippen LogP contribution >= 0.6 is 11.6 Å². The Balaban J connectivity index is 1.98. The molecule has 0 fully saturated rings. The van der Waals surface area contributed by atoms with Crippen LogP contribution in [0.1, 0.15) is 19.4 Å². The normalized spacial score (nSPS) is 11.8. The van der Waals surface area contributed by atoms with Gasteiger partial charge in [-0.15, -0.1) is 0 Å². The number of rotatable bonds is 8. The van der Waals surface area contributed by atoms with Crippen LogP contribution in [0.5, 0.6) is 17.2 Å². The van der Waals surface area contributed by atoms with Gasteiger partial charge in [-0.05, 0) is 56.3 Å². The van der Waals surface area contributed by atoms with Crippen LogP contribution in [-0.4, -0.2) is 31.9 Å². The number of hydrazone groups is 1. The first kappa shape index (κ1) is 19.6. The SMILES string of the molecule is CCOc1ccc(OC)cc1/C=N/NC(=O)C(C)Oc1ccc(Cl)cc1. The van der Waals surface area contributed by atoms with Gasteiger partial charge in [0.1, 0.15) is 17.2 Å². The number of methoxy groups -OCH3 is 1. The zero-order chi connectivity index (χ0) is 18.9. The van der Waals surface area contributed by atoms with Gasteiger partial charge in [0.25, 0.3) is 5.91 Å². The van der Waals surface area contributed by atoms with Crippen LogP contribution in [-0.2, 0) is 4.79 Å². The highest BCUT2D eigenvalue weighted by molar-refractivity contribution is 6.30. The summed E-state index contributed by atoms with van der Waals surface area (Å²) < 4.78 is 16.3. The van der Waals surface area contributed by atoms with E-state index in [1.165, 1.54) is 6.21 Å². The van der Waals surface area contributed by atoms with Gasteiger partial charge in [-0.25, -0.2) is 5.43 Å². The summed E-state index contributed by atoms with van der Waals surface area (Å²) in [5, 5.41) is 4.57. The molecule has 0 saturated heterocycles. The van der Waals surface area contributed by atoms with E-state index in [4.69, 9.17) is 25.8 Å². The number of carbonyl (C=O) groups excluding carboxylic acids is 1. The second-order valence-electron chi connectivity index (χ2n) is 5.29. The number of amides is 1. The first-order chi connectivity index (χ1) is 12.5. The van der Waals surface area contributed by atoms with Crippen LogP contribution in [0.3, 0.4) is 0 Å². The van der Waals surface area contributed by atoms with Crippen LogP contribution in [0, 0.1) is 0 Å². The first-order valence-electron chi connectivity index (χ1n) is 8.09. The number of nitrogens with one attached hydrogen (secondary N) is 1. The molecule has 138 valence electrons. The average molecular weight is 377 g/mol. The fraction of sp³-hybridized carbons (Fsp3) is 0.263. The fourth-order valence-electron chi connectivity index (χ4n) is 2.07. The maximum absolute atomic E-state index is 12.1. The Bertz CT molecular complexity index is 763. The monoisotopic (exact) mass is 376 g/mol. The number of halogens is 1. The largest absolute Gasteiger partial charge is 0.497 e. The van der Waals surface area contributed by atoms with Crippen molar-refractivity contribution in [1.82, 2.24) is 5.43 Å². The molecule has 0 saturated carbocycles. The lowest BCUT2D eigenvalue weighted by Gasteiger charge is -2.13. The summed E-state index contributed by atoms with van der Waals surface area (Å²) in [6.45, 7) is 4.05. The molecule has 0 spiro atoms. The smallest absolute Gasteiger partial charge is 0.280 e. The zero-order valence-electron chi connectivity index (χ0n) is 14.9. The predicted molar refractivity (Wildman–Crippen MR) is 101 cm³/mol. The Kier molecular flexibility index (Phi) is 7.29. The summed E-state index contributed by atoms with van der Waals surface area (Å²) in [6.07, 6.45) is 0.783. The molecule has 0 aromatic heterocycles. The van der Waals surface area contributed by atoms with Gasteiger partial charge in [0.2, 0.25) is 0 Å². The van der Waals surface area contributed by atoms with Crippen LogP contribution in [0.2, 0.25) is 5.02 Å². The highest BCUT2D eigenvalue weighted by Crippen LogP contribution is 2.22. The van der Waals surface area contributed by atoms with Crippen molar-refractivity contribution in [2.45, 2.75) is 20.0 Å². The Morgan fingerprint density at radius 3 is 2.58 bits per heavy atom. The molecule has 1 N–H and O–H groups in total. The molecule has 0 aliphatic carbocycles. The van der Waals surface area contributed by atoms with Crippen molar-refractivity contribution < 1.29 is 19.0 Å². The quantitative estimate of drug-likeness (QED) is 0.563. The molecule has 1 amide bonds. The van der Waals surface area contributed by atoms with Crippen LogP contribution in [0.25, 0.3) is 0 Å². The molecule has 6 nitrogen and oxygen atoms in total. The Morgan fingerprint density at radius 1 is 1.23 bits per heavy atom. The highest BCUT2D eigenvalue weighted by atomic mass is 35.5. The van der Waals surface area contributed by atoms with E-state index in [9.17, 15) is 4.79 Å². The number of benzene rings is 2. The molecule has 7 heteroatoms. The third kappa shape index (κ3) is 5.67. The summed E-state index contributed by atoms with van der Waals surface area (Å²) >= 11 is 5.82. The minimum atomic E-state index is -0.718. The van der Waals surface area contributed by atoms with Crippen molar-refractivity contribution in [1.29, 1.82) is 0 Å². The molecule has 2 aromatic rings. The molecule has 2 rings (SSSR count). The molecule has 0 aliphatic rings. The highest BCUT2D eigenvalue weighted by Gasteiger charge is 2.14. The van der Waals surface area contributed by atoms with Crippen molar-refractivity contribution in [2.75, 3.05) is 13.7 Å². The number of carbonyl (C=O) groups is 1. The van der Waals surface area contributed by atoms with Crippen LogP contribution in [0.15, 0.2) is 47.6 Å². The van der Waals surface area contributed by atoms with Crippen molar-refractivity contribution in [3.05, 3.63) is 53.1 Å². The standard InChI is InChI=1S/C19H21ClN2O4/c1-4-25-18-10-9-17(24-3)11-14(18)12-21-22-19(23)13(2)26-16-7-5-15(20)6-8-16/h5-13H,4H2,1-3H3,(H,22,23)/b21-12+. The number of hydrogen-bond acceptors (Lipinski definition) is 5. The second-order valence-corrected chi connectivity index (χ2v) is 5.72. The molecule has 0 radical (unpaired) electrons. The minimum Gasteiger partial charge on any atom is -0.497 e. The lowest BCUT2D eigenvalue weighted by molar-refractivity contribution is -0.127. The van der Waals surface area contributed by atoms with Crippen LogP contribution in [0.4, 0.5) is 0 Å². The third-order valence-corrected chi connectivity index (χ3v) is 3.64. The topological polar surface area (TPSA) is 69.2 Å². The van der Waals surface area contributed by atoms with Gasteiger partial charge in [0, 0.05) is 10.6 Å². The maximum atomic E-state index is 12.1. The van der Waals surface area contributed by atoms with Crippen LogP contribution < -0.4 is 19.6 Å². The van der Waals surface area contributed by atoms with Crippen molar-refractivity contribution in [2.24, 2.45) is 5.10 Å². The summed E-state index contributed by atoms with van der Waals surface area (Å²) in [5.41, 5.74) is 3.14. The molecule has 0 bridgehead atoms. The number of hydrogen-bond donors (Lipinski definition) is 1. The summed E-state index contributed by atoms with van der Waals surface area (Å²) in [4.78, 5) is 12.1. The third-order valence-electron chi connectivity index (χ3n) is 3.39. The summed E-state index contributed by atoms with van der Waals surface area (Å²) in [5.74, 6) is 1.49. The van der Waals surface area contributed by atoms with Crippen molar-refractivity contribution >= 4 is 23.7 Å². The van der Waals surface area contributed by atoms with Gasteiger partial charge in [-0.1, -0.05) is 11.6 Å². The lowest BCUT2D eigenvalue weighted by Crippen LogP contribution is -2.33. The molecule has 1 atom stereocenters. The van der Waals surface area contributed by atoms with E-state index in [1.807, 2.05) is 6.92 Å². The summed E-state index contributed by atoms with van der Waals surface area (Å²) in [7, 11) is 1.58. The van der Waals surface area contributed by atoms with Gasteiger partial charge < -0.3 is 14.2 Å². The molecular formula is C19H21ClN2O4. The van der Waals surface area contributed by atoms with E-state index < -0.39 is 6.10 Å². The predicted octanol–water partition coefficient (Wildman–Crippen LogP) is 3.66. The minimum absolute atomic E-state index is 0.378. The molecular weight excluding hydrogens is 356 g/mol. The van der Waals surface area contributed by atoms with E-state index in [-0.39, 0.29) is 5.91 Å². The van der Waals surface area contributed by atoms with Crippen molar-refractivity contribution in [3.63, 3.8) is 0 Å². The van der Waals surface area contributed by atoms with E-state index in [0.717, 1.165) is 0 Å². The van der Waals surface area contributed by atoms with Gasteiger partial charge in [-0.3, -0.25) is 4.79 Å². The van der Waals surface area contributed by atoms with E-state index in [0.29, 0.717) is 34.4 Å². The zero-order valence-corrected chi connectivity index (χ0v) is 15.6. The lowest BCUT2D eigenvalue weighted by atomic mass is 10.2. The molecule has 1 unspecified atom stereocenters. The number of ether oxygens (including phenoxy) is 3. The Hall–Kier alpha value is -2.73. The van der Waals surface area contributed by atoms with Gasteiger partial charge >= 0.3 is 0 Å². The second kappa shape index (κ2) is 9.68. The van der Waals surface area contributed by atoms with E-state index in [2.05, 4.69) is 10.5 Å².